The number of carbonyl (C=O) groups is 2. The van der Waals surface area contributed by atoms with Crippen LogP contribution in [0.3, 0.4) is 0 Å². The second-order valence-electron chi connectivity index (χ2n) is 9.76. The van der Waals surface area contributed by atoms with Gasteiger partial charge in [0.25, 0.3) is 0 Å². The smallest absolute Gasteiger partial charge is 0.303 e. The minimum absolute atomic E-state index is 0.458. The van der Waals surface area contributed by atoms with Crippen LogP contribution in [0.5, 0.6) is 0 Å². The van der Waals surface area contributed by atoms with Crippen molar-refractivity contribution in [3.63, 3.8) is 0 Å². The lowest BCUT2D eigenvalue weighted by molar-refractivity contribution is -0.272. The van der Waals surface area contributed by atoms with Crippen molar-refractivity contribution in [1.82, 2.24) is 0 Å². The van der Waals surface area contributed by atoms with Crippen LogP contribution in [-0.4, -0.2) is 40.0 Å². The molecule has 7 nitrogen and oxygen atoms in total. The highest BCUT2D eigenvalue weighted by Gasteiger charge is 2.72. The largest absolute Gasteiger partial charge is 0.464 e. The minimum Gasteiger partial charge on any atom is -0.464 e. The Labute approximate surface area is 181 Å². The molecule has 7 heteroatoms. The van der Waals surface area contributed by atoms with Crippen molar-refractivity contribution >= 4 is 22.9 Å². The Morgan fingerprint density at radius 2 is 1.81 bits per heavy atom. The van der Waals surface area contributed by atoms with Gasteiger partial charge in [-0.1, -0.05) is 13.8 Å². The van der Waals surface area contributed by atoms with Crippen LogP contribution >= 0.6 is 0 Å². The third-order valence-corrected chi connectivity index (χ3v) is 7.72. The highest BCUT2D eigenvalue weighted by atomic mass is 16.6. The Bertz CT molecular complexity index is 1070. The van der Waals surface area contributed by atoms with Gasteiger partial charge in [-0.25, -0.2) is 0 Å². The van der Waals surface area contributed by atoms with E-state index in [4.69, 9.17) is 13.9 Å². The normalized spacial score (nSPS) is 34.0. The number of carbonyl (C=O) groups excluding carboxylic acids is 2. The number of aliphatic hydroxyl groups is 2. The van der Waals surface area contributed by atoms with E-state index in [9.17, 15) is 19.8 Å². The van der Waals surface area contributed by atoms with Crippen LogP contribution in [0, 0.1) is 12.3 Å². The maximum Gasteiger partial charge on any atom is 0.303 e. The molecule has 1 aromatic carbocycles. The van der Waals surface area contributed by atoms with Gasteiger partial charge in [-0.15, -0.1) is 0 Å². The molecule has 5 atom stereocenters. The lowest BCUT2D eigenvalue weighted by Crippen LogP contribution is -2.75. The second-order valence-corrected chi connectivity index (χ2v) is 9.76. The highest BCUT2D eigenvalue weighted by molar-refractivity contribution is 5.84. The van der Waals surface area contributed by atoms with E-state index < -0.39 is 46.7 Å². The summed E-state index contributed by atoms with van der Waals surface area (Å²) in [5.41, 5.74) is -1.04. The Kier molecular flexibility index (Phi) is 4.80. The van der Waals surface area contributed by atoms with Crippen molar-refractivity contribution in [3.8, 4) is 0 Å². The van der Waals surface area contributed by atoms with Crippen molar-refractivity contribution in [1.29, 1.82) is 0 Å². The first-order chi connectivity index (χ1) is 14.4. The summed E-state index contributed by atoms with van der Waals surface area (Å²) in [6.45, 7) is 10.1. The van der Waals surface area contributed by atoms with Gasteiger partial charge in [-0.05, 0) is 60.9 Å². The monoisotopic (exact) mass is 430 g/mol. The van der Waals surface area contributed by atoms with Crippen LogP contribution in [-0.2, 0) is 24.5 Å². The van der Waals surface area contributed by atoms with E-state index in [-0.39, 0.29) is 0 Å². The standard InChI is InChI=1S/C24H30O7/c1-12-15-8-10-29-17(15)11-16-19(12)20(27)21(31-14(3)26)24(28)22(4,5)9-7-18(23(16,24)6)30-13(2)25/h8,10-11,18,20-21,27-28H,7,9H2,1-6H3/t18-,20+,21-,23-,24+/m0/s1. The van der Waals surface area contributed by atoms with E-state index in [1.165, 1.54) is 13.8 Å². The molecule has 0 aliphatic heterocycles. The molecule has 1 heterocycles. The highest BCUT2D eigenvalue weighted by Crippen LogP contribution is 2.63. The van der Waals surface area contributed by atoms with Gasteiger partial charge in [0.05, 0.1) is 11.7 Å². The van der Waals surface area contributed by atoms with Crippen LogP contribution in [0.2, 0.25) is 0 Å². The van der Waals surface area contributed by atoms with Gasteiger partial charge < -0.3 is 24.1 Å². The average molecular weight is 430 g/mol. The summed E-state index contributed by atoms with van der Waals surface area (Å²) in [6.07, 6.45) is -0.575. The quantitative estimate of drug-likeness (QED) is 0.703. The summed E-state index contributed by atoms with van der Waals surface area (Å²) >= 11 is 0. The lowest BCUT2D eigenvalue weighted by Gasteiger charge is -2.65. The van der Waals surface area contributed by atoms with Gasteiger partial charge in [-0.2, -0.15) is 0 Å². The fourth-order valence-electron chi connectivity index (χ4n) is 6.17. The topological polar surface area (TPSA) is 106 Å². The first kappa shape index (κ1) is 21.8. The number of rotatable bonds is 2. The van der Waals surface area contributed by atoms with Crippen molar-refractivity contribution in [2.24, 2.45) is 5.41 Å². The molecule has 0 saturated heterocycles. The molecule has 0 bridgehead atoms. The molecule has 2 N–H and O–H groups in total. The van der Waals surface area contributed by atoms with Crippen molar-refractivity contribution in [2.75, 3.05) is 0 Å². The first-order valence-electron chi connectivity index (χ1n) is 10.6. The van der Waals surface area contributed by atoms with Crippen molar-refractivity contribution in [3.05, 3.63) is 35.1 Å². The van der Waals surface area contributed by atoms with Gasteiger partial charge in [-0.3, -0.25) is 9.59 Å². The Morgan fingerprint density at radius 3 is 2.42 bits per heavy atom. The molecule has 2 aliphatic carbocycles. The van der Waals surface area contributed by atoms with Crippen LogP contribution in [0.25, 0.3) is 11.0 Å². The van der Waals surface area contributed by atoms with E-state index in [1.807, 2.05) is 39.8 Å². The zero-order chi connectivity index (χ0) is 22.9. The average Bonchev–Trinajstić information content (AvgIpc) is 3.14. The van der Waals surface area contributed by atoms with Crippen molar-refractivity contribution in [2.45, 2.75) is 83.7 Å². The number of benzene rings is 1. The zero-order valence-corrected chi connectivity index (χ0v) is 18.8. The Morgan fingerprint density at radius 1 is 1.16 bits per heavy atom. The summed E-state index contributed by atoms with van der Waals surface area (Å²) in [7, 11) is 0. The van der Waals surface area contributed by atoms with E-state index in [2.05, 4.69) is 0 Å². The number of ether oxygens (including phenoxy) is 2. The third kappa shape index (κ3) is 2.72. The molecule has 168 valence electrons. The summed E-state index contributed by atoms with van der Waals surface area (Å²) in [4.78, 5) is 24.1. The van der Waals surface area contributed by atoms with E-state index >= 15 is 0 Å². The first-order valence-corrected chi connectivity index (χ1v) is 10.6. The van der Waals surface area contributed by atoms with Crippen LogP contribution in [0.4, 0.5) is 0 Å². The van der Waals surface area contributed by atoms with Gasteiger partial charge in [0.1, 0.15) is 23.4 Å². The maximum absolute atomic E-state index is 12.4. The van der Waals surface area contributed by atoms with Gasteiger partial charge >= 0.3 is 11.9 Å². The van der Waals surface area contributed by atoms with Crippen molar-refractivity contribution < 1.29 is 33.7 Å². The summed E-state index contributed by atoms with van der Waals surface area (Å²) in [6, 6.07) is 3.63. The fraction of sp³-hybridized carbons (Fsp3) is 0.583. The van der Waals surface area contributed by atoms with Gasteiger partial charge in [0.15, 0.2) is 6.10 Å². The van der Waals surface area contributed by atoms with Gasteiger partial charge in [0, 0.05) is 19.2 Å². The lowest BCUT2D eigenvalue weighted by atomic mass is 9.44. The number of aliphatic hydroxyl groups excluding tert-OH is 1. The van der Waals surface area contributed by atoms with Crippen LogP contribution < -0.4 is 0 Å². The molecule has 2 aromatic rings. The summed E-state index contributed by atoms with van der Waals surface area (Å²) in [5.74, 6) is -1.06. The molecule has 1 saturated carbocycles. The second kappa shape index (κ2) is 6.81. The predicted octanol–water partition coefficient (Wildman–Crippen LogP) is 3.46. The number of hydrogen-bond donors (Lipinski definition) is 2. The number of furan rings is 1. The number of fused-ring (bicyclic) bond motifs is 4. The number of aryl methyl sites for hydroxylation is 1. The molecular weight excluding hydrogens is 400 g/mol. The number of hydrogen-bond acceptors (Lipinski definition) is 7. The van der Waals surface area contributed by atoms with E-state index in [0.29, 0.717) is 29.6 Å². The molecule has 0 radical (unpaired) electrons. The zero-order valence-electron chi connectivity index (χ0n) is 18.8. The summed E-state index contributed by atoms with van der Waals surface area (Å²) in [5, 5.41) is 24.8. The molecule has 1 aromatic heterocycles. The Balaban J connectivity index is 2.11. The molecule has 4 rings (SSSR count). The summed E-state index contributed by atoms with van der Waals surface area (Å²) < 4.78 is 17.0. The molecule has 31 heavy (non-hydrogen) atoms. The van der Waals surface area contributed by atoms with E-state index in [0.717, 1.165) is 10.9 Å². The molecule has 1 fully saturated rings. The van der Waals surface area contributed by atoms with E-state index in [1.54, 1.807) is 6.26 Å². The fourth-order valence-corrected chi connectivity index (χ4v) is 6.17. The molecule has 0 spiro atoms. The van der Waals surface area contributed by atoms with Crippen LogP contribution in [0.1, 0.15) is 70.3 Å². The third-order valence-electron chi connectivity index (χ3n) is 7.72. The molecule has 2 aliphatic rings. The molecular formula is C24H30O7. The van der Waals surface area contributed by atoms with Crippen LogP contribution in [0.15, 0.2) is 22.8 Å². The SMILES string of the molecule is CC(=O)O[C@H]1CCC(C)(C)[C@]2(O)[C@@H](OC(C)=O)[C@H](O)c3c(cc4occc4c3C)[C@@]12C. The maximum atomic E-state index is 12.4. The minimum atomic E-state index is -1.72. The molecule has 0 amide bonds. The number of esters is 2. The molecule has 0 unspecified atom stereocenters. The van der Waals surface area contributed by atoms with Gasteiger partial charge in [0.2, 0.25) is 0 Å². The predicted molar refractivity (Wildman–Crippen MR) is 112 cm³/mol. The Hall–Kier alpha value is -2.38.